The topological polar surface area (TPSA) is 44.0 Å². The molecule has 0 fully saturated rings. The van der Waals surface area contributed by atoms with Crippen LogP contribution in [0.4, 0.5) is 56.9 Å². The lowest BCUT2D eigenvalue weighted by Gasteiger charge is -2.27. The minimum atomic E-state index is 1.08. The van der Waals surface area contributed by atoms with Crippen molar-refractivity contribution < 1.29 is 0 Å². The standard InChI is InChI=1S/C43H45N7/c1-44-30-8-10-34(11-9-30)49(35-18-12-31(13-19-35)46(2)3)38-24-26-42-40(28-38)41-29-39(25-27-43(41)45-42)50(36-20-14-32(15-21-36)47(4)5)37-22-16-33(17-23-37)48(6)7/h8-29,44-45H,1-7H3. The number of hydrogen-bond acceptors (Lipinski definition) is 6. The molecule has 7 aromatic rings. The van der Waals surface area contributed by atoms with Crippen molar-refractivity contribution in [3.05, 3.63) is 133 Å². The van der Waals surface area contributed by atoms with Gasteiger partial charge in [0.15, 0.2) is 0 Å². The summed E-state index contributed by atoms with van der Waals surface area (Å²) in [5.74, 6) is 0. The highest BCUT2D eigenvalue weighted by Crippen LogP contribution is 2.41. The van der Waals surface area contributed by atoms with E-state index in [1.54, 1.807) is 0 Å². The van der Waals surface area contributed by atoms with Crippen LogP contribution in [0, 0.1) is 0 Å². The Kier molecular flexibility index (Phi) is 8.73. The number of rotatable bonds is 10. The number of benzene rings is 6. The first-order chi connectivity index (χ1) is 24.2. The monoisotopic (exact) mass is 659 g/mol. The summed E-state index contributed by atoms with van der Waals surface area (Å²) in [5.41, 5.74) is 13.4. The van der Waals surface area contributed by atoms with E-state index in [-0.39, 0.29) is 0 Å². The normalized spacial score (nSPS) is 11.1. The summed E-state index contributed by atoms with van der Waals surface area (Å²) in [4.78, 5) is 14.7. The van der Waals surface area contributed by atoms with Crippen LogP contribution < -0.4 is 29.8 Å². The highest BCUT2D eigenvalue weighted by Gasteiger charge is 2.18. The van der Waals surface area contributed by atoms with Crippen molar-refractivity contribution in [3.63, 3.8) is 0 Å². The molecule has 0 radical (unpaired) electrons. The second-order valence-electron chi connectivity index (χ2n) is 13.3. The second-order valence-corrected chi connectivity index (χ2v) is 13.3. The molecule has 0 aliphatic carbocycles. The Balaban J connectivity index is 1.37. The molecule has 50 heavy (non-hydrogen) atoms. The van der Waals surface area contributed by atoms with Gasteiger partial charge in [-0.3, -0.25) is 0 Å². The third kappa shape index (κ3) is 6.26. The van der Waals surface area contributed by atoms with Gasteiger partial charge in [-0.1, -0.05) is 0 Å². The molecule has 7 rings (SSSR count). The van der Waals surface area contributed by atoms with Crippen molar-refractivity contribution in [1.82, 2.24) is 4.98 Å². The maximum Gasteiger partial charge on any atom is 0.0469 e. The number of nitrogens with zero attached hydrogens (tertiary/aromatic N) is 5. The lowest BCUT2D eigenvalue weighted by molar-refractivity contribution is 1.13. The molecule has 0 aliphatic rings. The van der Waals surface area contributed by atoms with Crippen molar-refractivity contribution in [2.24, 2.45) is 0 Å². The largest absolute Gasteiger partial charge is 0.388 e. The molecule has 0 saturated heterocycles. The Morgan fingerprint density at radius 1 is 0.360 bits per heavy atom. The Labute approximate surface area is 295 Å². The first-order valence-corrected chi connectivity index (χ1v) is 17.0. The van der Waals surface area contributed by atoms with Crippen molar-refractivity contribution in [2.45, 2.75) is 0 Å². The zero-order valence-electron chi connectivity index (χ0n) is 29.9. The van der Waals surface area contributed by atoms with E-state index in [1.807, 2.05) is 7.05 Å². The predicted octanol–water partition coefficient (Wildman–Crippen LogP) is 10.5. The second kappa shape index (κ2) is 13.4. The van der Waals surface area contributed by atoms with Crippen LogP contribution in [0.25, 0.3) is 21.8 Å². The van der Waals surface area contributed by atoms with Crippen LogP contribution in [0.1, 0.15) is 0 Å². The van der Waals surface area contributed by atoms with Crippen LogP contribution in [0.15, 0.2) is 133 Å². The number of anilines is 10. The molecule has 7 heteroatoms. The fourth-order valence-electron chi connectivity index (χ4n) is 6.52. The van der Waals surface area contributed by atoms with E-state index in [9.17, 15) is 0 Å². The summed E-state index contributed by atoms with van der Waals surface area (Å²) in [6.07, 6.45) is 0. The van der Waals surface area contributed by atoms with E-state index >= 15 is 0 Å². The van der Waals surface area contributed by atoms with E-state index in [4.69, 9.17) is 0 Å². The fraction of sp³-hybridized carbons (Fsp3) is 0.163. The molecule has 1 aromatic heterocycles. The van der Waals surface area contributed by atoms with Crippen LogP contribution in [0.3, 0.4) is 0 Å². The van der Waals surface area contributed by atoms with Gasteiger partial charge in [0.2, 0.25) is 0 Å². The van der Waals surface area contributed by atoms with Gasteiger partial charge in [-0.15, -0.1) is 0 Å². The average molecular weight is 660 g/mol. The van der Waals surface area contributed by atoms with Crippen molar-refractivity contribution in [2.75, 3.05) is 79.2 Å². The molecule has 0 amide bonds. The Bertz CT molecular complexity index is 2160. The number of aromatic amines is 1. The Hall–Kier alpha value is -6.08. The van der Waals surface area contributed by atoms with Crippen LogP contribution >= 0.6 is 0 Å². The van der Waals surface area contributed by atoms with Crippen LogP contribution in [-0.2, 0) is 0 Å². The van der Waals surface area contributed by atoms with Gasteiger partial charge in [-0.25, -0.2) is 0 Å². The van der Waals surface area contributed by atoms with Crippen LogP contribution in [-0.4, -0.2) is 54.3 Å². The van der Waals surface area contributed by atoms with Gasteiger partial charge in [0.25, 0.3) is 0 Å². The minimum absolute atomic E-state index is 1.08. The highest BCUT2D eigenvalue weighted by molar-refractivity contribution is 6.10. The van der Waals surface area contributed by atoms with E-state index in [0.29, 0.717) is 0 Å². The Morgan fingerprint density at radius 2 is 0.640 bits per heavy atom. The first-order valence-electron chi connectivity index (χ1n) is 17.0. The number of aromatic nitrogens is 1. The van der Waals surface area contributed by atoms with Crippen molar-refractivity contribution in [1.29, 1.82) is 0 Å². The van der Waals surface area contributed by atoms with Gasteiger partial charge < -0.3 is 34.8 Å². The van der Waals surface area contributed by atoms with Crippen molar-refractivity contribution in [3.8, 4) is 0 Å². The van der Waals surface area contributed by atoms with E-state index < -0.39 is 0 Å². The molecular formula is C43H45N7. The van der Waals surface area contributed by atoms with Gasteiger partial charge >= 0.3 is 0 Å². The maximum atomic E-state index is 3.68. The molecular weight excluding hydrogens is 615 g/mol. The van der Waals surface area contributed by atoms with Gasteiger partial charge in [-0.2, -0.15) is 0 Å². The summed E-state index contributed by atoms with van der Waals surface area (Å²) in [6.45, 7) is 0. The van der Waals surface area contributed by atoms with Crippen LogP contribution in [0.2, 0.25) is 0 Å². The lowest BCUT2D eigenvalue weighted by Crippen LogP contribution is -2.12. The number of hydrogen-bond donors (Lipinski definition) is 2. The quantitative estimate of drug-likeness (QED) is 0.152. The molecule has 2 N–H and O–H groups in total. The zero-order valence-corrected chi connectivity index (χ0v) is 29.9. The SMILES string of the molecule is CNc1ccc(N(c2ccc(N(C)C)cc2)c2ccc3[nH]c4ccc(N(c5ccc(N(C)C)cc5)c5ccc(N(C)C)cc5)cc4c3c2)cc1. The summed E-state index contributed by atoms with van der Waals surface area (Å²) >= 11 is 0. The third-order valence-electron chi connectivity index (χ3n) is 9.37. The zero-order chi connectivity index (χ0) is 34.9. The predicted molar refractivity (Wildman–Crippen MR) is 218 cm³/mol. The minimum Gasteiger partial charge on any atom is -0.388 e. The maximum absolute atomic E-state index is 3.68. The summed E-state index contributed by atoms with van der Waals surface area (Å²) in [6, 6.07) is 48.3. The summed E-state index contributed by atoms with van der Waals surface area (Å²) in [5, 5.41) is 5.60. The molecule has 252 valence electrons. The number of H-pyrrole nitrogens is 1. The van der Waals surface area contributed by atoms with Crippen molar-refractivity contribution >= 4 is 78.7 Å². The number of fused-ring (bicyclic) bond motifs is 3. The number of nitrogens with one attached hydrogen (secondary N) is 2. The average Bonchev–Trinajstić information content (AvgIpc) is 3.50. The molecule has 0 unspecified atom stereocenters. The molecule has 0 bridgehead atoms. The van der Waals surface area contributed by atoms with Gasteiger partial charge in [0, 0.05) is 128 Å². The van der Waals surface area contributed by atoms with Gasteiger partial charge in [0.05, 0.1) is 0 Å². The summed E-state index contributed by atoms with van der Waals surface area (Å²) < 4.78 is 0. The smallest absolute Gasteiger partial charge is 0.0469 e. The summed E-state index contributed by atoms with van der Waals surface area (Å²) in [7, 11) is 14.4. The molecule has 0 saturated carbocycles. The molecule has 0 atom stereocenters. The molecule has 7 nitrogen and oxygen atoms in total. The lowest BCUT2D eigenvalue weighted by atomic mass is 10.1. The Morgan fingerprint density at radius 3 is 0.940 bits per heavy atom. The van der Waals surface area contributed by atoms with Gasteiger partial charge in [0.1, 0.15) is 0 Å². The first kappa shape index (κ1) is 32.5. The highest BCUT2D eigenvalue weighted by atomic mass is 15.2. The van der Waals surface area contributed by atoms with Gasteiger partial charge in [-0.05, 0) is 133 Å². The molecule has 6 aromatic carbocycles. The van der Waals surface area contributed by atoms with E-state index in [2.05, 4.69) is 211 Å². The molecule has 1 heterocycles. The molecule has 0 aliphatic heterocycles. The van der Waals surface area contributed by atoms with E-state index in [0.717, 1.165) is 67.9 Å². The van der Waals surface area contributed by atoms with E-state index in [1.165, 1.54) is 10.8 Å². The third-order valence-corrected chi connectivity index (χ3v) is 9.37. The van der Waals surface area contributed by atoms with Crippen LogP contribution in [0.5, 0.6) is 0 Å². The fourth-order valence-corrected chi connectivity index (χ4v) is 6.52. The molecule has 0 spiro atoms.